The first-order chi connectivity index (χ1) is 12.5. The van der Waals surface area contributed by atoms with Gasteiger partial charge in [0.15, 0.2) is 0 Å². The van der Waals surface area contributed by atoms with Gasteiger partial charge in [0.2, 0.25) is 10.0 Å². The van der Waals surface area contributed by atoms with Crippen LogP contribution in [-0.4, -0.2) is 29.8 Å². The molecule has 3 heterocycles. The average Bonchev–Trinajstić information content (AvgIpc) is 3.26. The highest BCUT2D eigenvalue weighted by atomic mass is 32.2. The molecule has 0 atom stereocenters. The van der Waals surface area contributed by atoms with Crippen LogP contribution in [-0.2, 0) is 30.0 Å². The lowest BCUT2D eigenvalue weighted by atomic mass is 10.2. The molecule has 0 spiro atoms. The number of nitrogens with zero attached hydrogens (tertiary/aromatic N) is 3. The molecule has 1 N–H and O–H groups in total. The van der Waals surface area contributed by atoms with Crippen LogP contribution in [0.5, 0.6) is 5.75 Å². The van der Waals surface area contributed by atoms with Gasteiger partial charge in [0.25, 0.3) is 0 Å². The van der Waals surface area contributed by atoms with Gasteiger partial charge in [-0.2, -0.15) is 5.10 Å². The summed E-state index contributed by atoms with van der Waals surface area (Å²) in [5.74, 6) is 0.761. The number of ether oxygens (including phenoxy) is 1. The molecule has 1 aromatic carbocycles. The summed E-state index contributed by atoms with van der Waals surface area (Å²) in [5, 5.41) is 4.43. The van der Waals surface area contributed by atoms with Gasteiger partial charge in [0.05, 0.1) is 29.4 Å². The molecule has 0 fully saturated rings. The topological polar surface area (TPSA) is 86.1 Å². The third-order valence-corrected chi connectivity index (χ3v) is 5.75. The molecule has 7 nitrogen and oxygen atoms in total. The Hall–Kier alpha value is -2.71. The van der Waals surface area contributed by atoms with Crippen LogP contribution in [0.25, 0.3) is 11.3 Å². The van der Waals surface area contributed by atoms with Gasteiger partial charge in [0, 0.05) is 31.4 Å². The van der Waals surface area contributed by atoms with Crippen LogP contribution in [0.15, 0.2) is 53.7 Å². The summed E-state index contributed by atoms with van der Waals surface area (Å²) in [4.78, 5) is 4.33. The molecule has 3 aromatic rings. The molecule has 0 radical (unpaired) electrons. The third kappa shape index (κ3) is 3.21. The Kier molecular flexibility index (Phi) is 4.21. The summed E-state index contributed by atoms with van der Waals surface area (Å²) < 4.78 is 34.9. The molecular weight excluding hydrogens is 352 g/mol. The van der Waals surface area contributed by atoms with Crippen LogP contribution in [0.3, 0.4) is 0 Å². The Morgan fingerprint density at radius 3 is 2.96 bits per heavy atom. The van der Waals surface area contributed by atoms with E-state index in [0.29, 0.717) is 6.61 Å². The van der Waals surface area contributed by atoms with Crippen molar-refractivity contribution in [1.29, 1.82) is 0 Å². The van der Waals surface area contributed by atoms with Gasteiger partial charge < -0.3 is 4.74 Å². The van der Waals surface area contributed by atoms with E-state index >= 15 is 0 Å². The maximum atomic E-state index is 12.6. The van der Waals surface area contributed by atoms with E-state index in [4.69, 9.17) is 4.74 Å². The third-order valence-electron chi connectivity index (χ3n) is 4.35. The van der Waals surface area contributed by atoms with Crippen molar-refractivity contribution in [3.63, 3.8) is 0 Å². The van der Waals surface area contributed by atoms with Gasteiger partial charge in [-0.05, 0) is 42.0 Å². The number of sulfonamides is 1. The van der Waals surface area contributed by atoms with E-state index in [9.17, 15) is 8.42 Å². The van der Waals surface area contributed by atoms with E-state index in [1.165, 1.54) is 0 Å². The molecule has 0 unspecified atom stereocenters. The van der Waals surface area contributed by atoms with Crippen molar-refractivity contribution >= 4 is 10.0 Å². The Bertz CT molecular complexity index is 1050. The number of aromatic nitrogens is 3. The van der Waals surface area contributed by atoms with Crippen LogP contribution in [0.2, 0.25) is 0 Å². The zero-order valence-corrected chi connectivity index (χ0v) is 15.0. The van der Waals surface area contributed by atoms with E-state index in [-0.39, 0.29) is 11.4 Å². The normalized spacial score (nSPS) is 13.4. The summed E-state index contributed by atoms with van der Waals surface area (Å²) in [5.41, 5.74) is 3.32. The Morgan fingerprint density at radius 2 is 2.15 bits per heavy atom. The fraction of sp³-hybridized carbons (Fsp3) is 0.222. The maximum Gasteiger partial charge on any atom is 0.240 e. The van der Waals surface area contributed by atoms with Gasteiger partial charge in [-0.3, -0.25) is 9.67 Å². The second-order valence-corrected chi connectivity index (χ2v) is 7.85. The monoisotopic (exact) mass is 370 g/mol. The highest BCUT2D eigenvalue weighted by Gasteiger charge is 2.20. The van der Waals surface area contributed by atoms with E-state index in [2.05, 4.69) is 14.8 Å². The standard InChI is InChI=1S/C18H18N4O3S/c1-22-15(10-17(21-22)14-3-2-7-19-11-14)12-20-26(23,24)16-4-5-18-13(9-16)6-8-25-18/h2-5,7,9-11,20H,6,8,12H2,1H3. The molecule has 26 heavy (non-hydrogen) atoms. The molecule has 0 amide bonds. The lowest BCUT2D eigenvalue weighted by molar-refractivity contribution is 0.356. The lowest BCUT2D eigenvalue weighted by Crippen LogP contribution is -2.24. The van der Waals surface area contributed by atoms with E-state index < -0.39 is 10.0 Å². The number of rotatable bonds is 5. The second kappa shape index (κ2) is 6.54. The molecule has 0 saturated carbocycles. The van der Waals surface area contributed by atoms with Crippen molar-refractivity contribution in [2.45, 2.75) is 17.9 Å². The van der Waals surface area contributed by atoms with Crippen molar-refractivity contribution in [2.24, 2.45) is 7.05 Å². The molecule has 8 heteroatoms. The lowest BCUT2D eigenvalue weighted by Gasteiger charge is -2.08. The molecule has 2 aromatic heterocycles. The number of benzene rings is 1. The smallest absolute Gasteiger partial charge is 0.240 e. The highest BCUT2D eigenvalue weighted by molar-refractivity contribution is 7.89. The van der Waals surface area contributed by atoms with E-state index in [1.807, 2.05) is 18.2 Å². The minimum absolute atomic E-state index is 0.152. The fourth-order valence-corrected chi connectivity index (χ4v) is 3.96. The predicted molar refractivity (Wildman–Crippen MR) is 96.1 cm³/mol. The van der Waals surface area contributed by atoms with Gasteiger partial charge in [-0.25, -0.2) is 13.1 Å². The molecular formula is C18H18N4O3S. The van der Waals surface area contributed by atoms with Crippen LogP contribution in [0.1, 0.15) is 11.3 Å². The number of fused-ring (bicyclic) bond motifs is 1. The highest BCUT2D eigenvalue weighted by Crippen LogP contribution is 2.27. The zero-order chi connectivity index (χ0) is 18.1. The minimum Gasteiger partial charge on any atom is -0.493 e. The van der Waals surface area contributed by atoms with Gasteiger partial charge in [-0.15, -0.1) is 0 Å². The number of aryl methyl sites for hydroxylation is 1. The first-order valence-corrected chi connectivity index (χ1v) is 9.70. The maximum absolute atomic E-state index is 12.6. The zero-order valence-electron chi connectivity index (χ0n) is 14.2. The van der Waals surface area contributed by atoms with Crippen molar-refractivity contribution in [2.75, 3.05) is 6.61 Å². The van der Waals surface area contributed by atoms with Crippen molar-refractivity contribution in [3.05, 3.63) is 60.0 Å². The van der Waals surface area contributed by atoms with Gasteiger partial charge in [-0.1, -0.05) is 0 Å². The fourth-order valence-electron chi connectivity index (χ4n) is 2.91. The van der Waals surface area contributed by atoms with Gasteiger partial charge in [0.1, 0.15) is 5.75 Å². The number of hydrogen-bond donors (Lipinski definition) is 1. The van der Waals surface area contributed by atoms with E-state index in [0.717, 1.165) is 34.7 Å². The number of pyridine rings is 1. The Balaban J connectivity index is 1.52. The quantitative estimate of drug-likeness (QED) is 0.741. The molecule has 1 aliphatic rings. The molecule has 0 saturated heterocycles. The SMILES string of the molecule is Cn1nc(-c2cccnc2)cc1CNS(=O)(=O)c1ccc2c(c1)CCO2. The largest absolute Gasteiger partial charge is 0.493 e. The van der Waals surface area contributed by atoms with Gasteiger partial charge >= 0.3 is 0 Å². The number of hydrogen-bond acceptors (Lipinski definition) is 5. The molecule has 0 bridgehead atoms. The summed E-state index contributed by atoms with van der Waals surface area (Å²) in [6.45, 7) is 0.748. The molecule has 4 rings (SSSR count). The summed E-state index contributed by atoms with van der Waals surface area (Å²) in [6, 6.07) is 10.6. The molecule has 1 aliphatic heterocycles. The van der Waals surface area contributed by atoms with Crippen molar-refractivity contribution in [3.8, 4) is 17.0 Å². The first-order valence-electron chi connectivity index (χ1n) is 8.22. The van der Waals surface area contributed by atoms with E-state index in [1.54, 1.807) is 42.3 Å². The molecule has 0 aliphatic carbocycles. The first kappa shape index (κ1) is 16.7. The summed E-state index contributed by atoms with van der Waals surface area (Å²) >= 11 is 0. The van der Waals surface area contributed by atoms with Crippen molar-refractivity contribution in [1.82, 2.24) is 19.5 Å². The Labute approximate surface area is 151 Å². The molecule has 134 valence electrons. The van der Waals surface area contributed by atoms with Crippen molar-refractivity contribution < 1.29 is 13.2 Å². The van der Waals surface area contributed by atoms with Crippen LogP contribution in [0, 0.1) is 0 Å². The average molecular weight is 370 g/mol. The van der Waals surface area contributed by atoms with Crippen LogP contribution < -0.4 is 9.46 Å². The summed E-state index contributed by atoms with van der Waals surface area (Å²) in [6.07, 6.45) is 4.15. The number of nitrogens with one attached hydrogen (secondary N) is 1. The van der Waals surface area contributed by atoms with Crippen LogP contribution >= 0.6 is 0 Å². The second-order valence-electron chi connectivity index (χ2n) is 6.08. The predicted octanol–water partition coefficient (Wildman–Crippen LogP) is 1.90. The Morgan fingerprint density at radius 1 is 1.27 bits per heavy atom. The minimum atomic E-state index is -3.61. The van der Waals surface area contributed by atoms with Crippen LogP contribution in [0.4, 0.5) is 0 Å². The summed E-state index contributed by atoms with van der Waals surface area (Å²) in [7, 11) is -1.82.